The molecule has 1 aliphatic heterocycles. The van der Waals surface area contributed by atoms with E-state index in [1.54, 1.807) is 0 Å². The van der Waals surface area contributed by atoms with E-state index in [1.807, 2.05) is 0 Å². The van der Waals surface area contributed by atoms with Crippen molar-refractivity contribution < 1.29 is 5.11 Å². The van der Waals surface area contributed by atoms with Crippen LogP contribution in [0.15, 0.2) is 0 Å². The molecule has 0 bridgehead atoms. The maximum Gasteiger partial charge on any atom is 0.0580 e. The Morgan fingerprint density at radius 1 is 1.05 bits per heavy atom. The molecule has 122 valence electrons. The van der Waals surface area contributed by atoms with Gasteiger partial charge in [-0.05, 0) is 75.3 Å². The molecule has 0 aromatic carbocycles. The van der Waals surface area contributed by atoms with Gasteiger partial charge in [0.15, 0.2) is 0 Å². The van der Waals surface area contributed by atoms with Gasteiger partial charge in [0.05, 0.1) is 6.10 Å². The predicted octanol–water partition coefficient (Wildman–Crippen LogP) is 4.22. The van der Waals surface area contributed by atoms with Crippen LogP contribution >= 0.6 is 0 Å². The lowest BCUT2D eigenvalue weighted by Crippen LogP contribution is -2.44. The molecule has 1 heterocycles. The Balaban J connectivity index is 1.47. The molecule has 3 aliphatic rings. The summed E-state index contributed by atoms with van der Waals surface area (Å²) in [4.78, 5) is 2.67. The summed E-state index contributed by atoms with van der Waals surface area (Å²) in [5.41, 5.74) is 0.729. The van der Waals surface area contributed by atoms with Crippen molar-refractivity contribution in [2.75, 3.05) is 19.6 Å². The Bertz CT molecular complexity index is 314. The van der Waals surface area contributed by atoms with Gasteiger partial charge in [-0.25, -0.2) is 0 Å². The molecule has 0 radical (unpaired) electrons. The van der Waals surface area contributed by atoms with Crippen LogP contribution in [0.2, 0.25) is 0 Å². The first-order chi connectivity index (χ1) is 10.2. The Labute approximate surface area is 131 Å². The van der Waals surface area contributed by atoms with E-state index in [1.165, 1.54) is 77.3 Å². The van der Waals surface area contributed by atoms with Gasteiger partial charge in [-0.15, -0.1) is 0 Å². The minimum absolute atomic E-state index is 0.0273. The lowest BCUT2D eigenvalue weighted by atomic mass is 9.75. The monoisotopic (exact) mass is 293 g/mol. The Morgan fingerprint density at radius 2 is 1.76 bits per heavy atom. The van der Waals surface area contributed by atoms with Gasteiger partial charge >= 0.3 is 0 Å². The van der Waals surface area contributed by atoms with Crippen molar-refractivity contribution in [2.45, 2.75) is 83.7 Å². The second-order valence-electron chi connectivity index (χ2n) is 8.30. The normalized spacial score (nSPS) is 37.1. The smallest absolute Gasteiger partial charge is 0.0580 e. The van der Waals surface area contributed by atoms with Gasteiger partial charge in [-0.2, -0.15) is 0 Å². The van der Waals surface area contributed by atoms with Crippen molar-refractivity contribution in [3.05, 3.63) is 0 Å². The molecule has 3 atom stereocenters. The van der Waals surface area contributed by atoms with E-state index in [0.717, 1.165) is 24.3 Å². The fourth-order valence-corrected chi connectivity index (χ4v) is 5.38. The van der Waals surface area contributed by atoms with E-state index in [4.69, 9.17) is 0 Å². The van der Waals surface area contributed by atoms with Crippen molar-refractivity contribution in [2.24, 2.45) is 17.3 Å². The number of aliphatic hydroxyl groups excluding tert-OH is 1. The van der Waals surface area contributed by atoms with Gasteiger partial charge in [0.2, 0.25) is 0 Å². The highest BCUT2D eigenvalue weighted by molar-refractivity contribution is 4.91. The number of hydrogen-bond donors (Lipinski definition) is 1. The summed E-state index contributed by atoms with van der Waals surface area (Å²) in [6, 6.07) is 0. The number of rotatable bonds is 4. The molecule has 3 rings (SSSR count). The second kappa shape index (κ2) is 7.00. The molecule has 0 aromatic heterocycles. The number of hydrogen-bond acceptors (Lipinski definition) is 2. The van der Waals surface area contributed by atoms with Gasteiger partial charge in [-0.3, -0.25) is 0 Å². The number of likely N-dealkylation sites (tertiary alicyclic amines) is 1. The summed E-state index contributed by atoms with van der Waals surface area (Å²) in [5, 5.41) is 10.4. The fourth-order valence-electron chi connectivity index (χ4n) is 5.38. The van der Waals surface area contributed by atoms with Crippen molar-refractivity contribution in [3.8, 4) is 0 Å². The first-order valence-corrected chi connectivity index (χ1v) is 9.61. The summed E-state index contributed by atoms with van der Waals surface area (Å²) >= 11 is 0. The van der Waals surface area contributed by atoms with Crippen LogP contribution in [-0.2, 0) is 0 Å². The number of piperidine rings is 1. The zero-order chi connectivity index (χ0) is 14.7. The third-order valence-electron chi connectivity index (χ3n) is 6.82. The van der Waals surface area contributed by atoms with E-state index in [2.05, 4.69) is 11.8 Å². The summed E-state index contributed by atoms with van der Waals surface area (Å²) < 4.78 is 0. The van der Waals surface area contributed by atoms with Crippen molar-refractivity contribution in [1.82, 2.24) is 4.90 Å². The third kappa shape index (κ3) is 3.82. The van der Waals surface area contributed by atoms with Crippen LogP contribution in [0.5, 0.6) is 0 Å². The molecule has 1 N–H and O–H groups in total. The molecular weight excluding hydrogens is 258 g/mol. The molecule has 1 saturated heterocycles. The van der Waals surface area contributed by atoms with E-state index in [9.17, 15) is 5.11 Å². The van der Waals surface area contributed by atoms with E-state index in [0.29, 0.717) is 5.92 Å². The molecule has 0 amide bonds. The molecule has 2 nitrogen and oxygen atoms in total. The first-order valence-electron chi connectivity index (χ1n) is 9.61. The molecule has 3 unspecified atom stereocenters. The molecule has 0 aromatic rings. The summed E-state index contributed by atoms with van der Waals surface area (Å²) in [5.74, 6) is 1.43. The van der Waals surface area contributed by atoms with E-state index >= 15 is 0 Å². The Hall–Kier alpha value is -0.0800. The second-order valence-corrected chi connectivity index (χ2v) is 8.30. The summed E-state index contributed by atoms with van der Waals surface area (Å²) in [7, 11) is 0. The van der Waals surface area contributed by atoms with Gasteiger partial charge in [0, 0.05) is 6.54 Å². The van der Waals surface area contributed by atoms with Gasteiger partial charge < -0.3 is 10.0 Å². The zero-order valence-electron chi connectivity index (χ0n) is 14.0. The van der Waals surface area contributed by atoms with Crippen LogP contribution < -0.4 is 0 Å². The van der Waals surface area contributed by atoms with Crippen LogP contribution in [0.1, 0.15) is 77.6 Å². The molecule has 21 heavy (non-hydrogen) atoms. The Kier molecular flexibility index (Phi) is 5.27. The maximum absolute atomic E-state index is 10.4. The lowest BCUT2D eigenvalue weighted by Gasteiger charge is -2.42. The van der Waals surface area contributed by atoms with E-state index < -0.39 is 0 Å². The minimum atomic E-state index is -0.0273. The topological polar surface area (TPSA) is 23.5 Å². The SMILES string of the molecule is CCCC1CCC(O)C(CN2CCC3(CCCC3)CC2)C1. The summed E-state index contributed by atoms with van der Waals surface area (Å²) in [6.45, 7) is 6.05. The average molecular weight is 293 g/mol. The van der Waals surface area contributed by atoms with Crippen LogP contribution in [0.25, 0.3) is 0 Å². The zero-order valence-corrected chi connectivity index (χ0v) is 14.0. The number of aliphatic hydroxyl groups is 1. The number of nitrogens with zero attached hydrogens (tertiary/aromatic N) is 1. The lowest BCUT2D eigenvalue weighted by molar-refractivity contribution is 0.0113. The molecule has 2 heteroatoms. The minimum Gasteiger partial charge on any atom is -0.393 e. The standard InChI is InChI=1S/C19H35NO/c1-2-5-16-6-7-18(21)17(14-16)15-20-12-10-19(11-13-20)8-3-4-9-19/h16-18,21H,2-15H2,1H3. The molecule has 2 saturated carbocycles. The summed E-state index contributed by atoms with van der Waals surface area (Å²) in [6.07, 6.45) is 15.0. The fraction of sp³-hybridized carbons (Fsp3) is 1.00. The van der Waals surface area contributed by atoms with Gasteiger partial charge in [0.25, 0.3) is 0 Å². The highest BCUT2D eigenvalue weighted by Gasteiger charge is 2.38. The van der Waals surface area contributed by atoms with Crippen molar-refractivity contribution >= 4 is 0 Å². The van der Waals surface area contributed by atoms with Crippen LogP contribution in [0, 0.1) is 17.3 Å². The molecule has 1 spiro atoms. The van der Waals surface area contributed by atoms with Crippen molar-refractivity contribution in [3.63, 3.8) is 0 Å². The third-order valence-corrected chi connectivity index (χ3v) is 6.82. The maximum atomic E-state index is 10.4. The predicted molar refractivity (Wildman–Crippen MR) is 88.3 cm³/mol. The quantitative estimate of drug-likeness (QED) is 0.839. The van der Waals surface area contributed by atoms with Crippen molar-refractivity contribution in [1.29, 1.82) is 0 Å². The van der Waals surface area contributed by atoms with Gasteiger partial charge in [-0.1, -0.05) is 32.6 Å². The first kappa shape index (κ1) is 15.8. The average Bonchev–Trinajstić information content (AvgIpc) is 2.94. The molecule has 2 aliphatic carbocycles. The van der Waals surface area contributed by atoms with Crippen LogP contribution in [0.3, 0.4) is 0 Å². The highest BCUT2D eigenvalue weighted by atomic mass is 16.3. The largest absolute Gasteiger partial charge is 0.393 e. The van der Waals surface area contributed by atoms with Gasteiger partial charge in [0.1, 0.15) is 0 Å². The molecular formula is C19H35NO. The Morgan fingerprint density at radius 3 is 2.43 bits per heavy atom. The highest BCUT2D eigenvalue weighted by Crippen LogP contribution is 2.46. The van der Waals surface area contributed by atoms with Crippen LogP contribution in [-0.4, -0.2) is 35.7 Å². The van der Waals surface area contributed by atoms with E-state index in [-0.39, 0.29) is 6.10 Å². The molecule has 3 fully saturated rings. The van der Waals surface area contributed by atoms with Crippen LogP contribution in [0.4, 0.5) is 0 Å².